The molecule has 2 atom stereocenters. The Bertz CT molecular complexity index is 883. The summed E-state index contributed by atoms with van der Waals surface area (Å²) >= 11 is 11.2. The molecule has 194 valence electrons. The molecule has 2 aliphatic heterocycles. The number of aryl methyl sites for hydroxylation is 2. The number of hydrogen-bond acceptors (Lipinski definition) is 10. The van der Waals surface area contributed by atoms with Crippen LogP contribution in [0.5, 0.6) is 0 Å². The summed E-state index contributed by atoms with van der Waals surface area (Å²) in [7, 11) is 0. The summed E-state index contributed by atoms with van der Waals surface area (Å²) in [4.78, 5) is 24.6. The van der Waals surface area contributed by atoms with E-state index in [1.54, 1.807) is 23.5 Å². The molecule has 3 rings (SSSR count). The minimum atomic E-state index is -0.371. The monoisotopic (exact) mass is 598 g/mol. The molecule has 36 heavy (non-hydrogen) atoms. The van der Waals surface area contributed by atoms with Crippen LogP contribution in [0.3, 0.4) is 0 Å². The highest BCUT2D eigenvalue weighted by Crippen LogP contribution is 2.42. The lowest BCUT2D eigenvalue weighted by Gasteiger charge is -2.10. The van der Waals surface area contributed by atoms with Gasteiger partial charge in [-0.25, -0.2) is 9.59 Å². The Labute approximate surface area is 239 Å². The van der Waals surface area contributed by atoms with Crippen LogP contribution in [-0.4, -0.2) is 57.3 Å². The van der Waals surface area contributed by atoms with Gasteiger partial charge < -0.3 is 9.47 Å². The van der Waals surface area contributed by atoms with Crippen molar-refractivity contribution in [1.82, 2.24) is 0 Å². The van der Waals surface area contributed by atoms with Gasteiger partial charge in [-0.3, -0.25) is 0 Å². The van der Waals surface area contributed by atoms with Crippen molar-refractivity contribution < 1.29 is 19.1 Å². The van der Waals surface area contributed by atoms with Gasteiger partial charge in [-0.2, -0.15) is 23.5 Å². The number of hydrogen-bond donors (Lipinski definition) is 0. The Kier molecular flexibility index (Phi) is 14.0. The van der Waals surface area contributed by atoms with Gasteiger partial charge in [-0.1, -0.05) is 37.4 Å². The SMILES string of the molecule is C=CC(=O)OCC1=CSC(CSCCc2ccc(CCSCC3SC=C(COC(=O)C=C)S3)cc2)S1. The Balaban J connectivity index is 1.21. The average molecular weight is 599 g/mol. The first-order chi connectivity index (χ1) is 17.6. The van der Waals surface area contributed by atoms with Gasteiger partial charge in [0.1, 0.15) is 13.2 Å². The van der Waals surface area contributed by atoms with E-state index in [0.717, 1.165) is 45.7 Å². The number of carbonyl (C=O) groups excluding carboxylic acids is 2. The fourth-order valence-corrected chi connectivity index (χ4v) is 10.8. The molecule has 0 radical (unpaired) electrons. The molecule has 0 aromatic heterocycles. The Morgan fingerprint density at radius 3 is 1.58 bits per heavy atom. The van der Waals surface area contributed by atoms with Gasteiger partial charge in [0, 0.05) is 33.5 Å². The predicted octanol–water partition coefficient (Wildman–Crippen LogP) is 6.99. The molecule has 2 unspecified atom stereocenters. The summed E-state index contributed by atoms with van der Waals surface area (Å²) in [6, 6.07) is 9.04. The second-order valence-electron chi connectivity index (χ2n) is 7.63. The van der Waals surface area contributed by atoms with Gasteiger partial charge in [-0.15, -0.1) is 47.0 Å². The van der Waals surface area contributed by atoms with E-state index in [1.807, 2.05) is 47.0 Å². The Morgan fingerprint density at radius 2 is 1.19 bits per heavy atom. The maximum atomic E-state index is 11.2. The van der Waals surface area contributed by atoms with Gasteiger partial charge in [-0.05, 0) is 46.3 Å². The highest BCUT2D eigenvalue weighted by molar-refractivity contribution is 8.24. The van der Waals surface area contributed by atoms with Gasteiger partial charge in [0.05, 0.1) is 9.16 Å². The van der Waals surface area contributed by atoms with Crippen LogP contribution in [0.1, 0.15) is 11.1 Å². The molecule has 0 N–H and O–H groups in total. The number of rotatable bonds is 16. The van der Waals surface area contributed by atoms with Crippen molar-refractivity contribution in [3.63, 3.8) is 0 Å². The number of carbonyl (C=O) groups is 2. The minimum Gasteiger partial charge on any atom is -0.457 e. The summed E-state index contributed by atoms with van der Waals surface area (Å²) < 4.78 is 11.2. The maximum absolute atomic E-state index is 11.2. The van der Waals surface area contributed by atoms with Gasteiger partial charge in [0.2, 0.25) is 0 Å². The summed E-state index contributed by atoms with van der Waals surface area (Å²) in [5, 5.41) is 4.21. The molecule has 2 aliphatic rings. The highest BCUT2D eigenvalue weighted by Gasteiger charge is 2.20. The van der Waals surface area contributed by atoms with Crippen LogP contribution in [0, 0.1) is 0 Å². The van der Waals surface area contributed by atoms with Crippen molar-refractivity contribution in [3.05, 3.63) is 81.3 Å². The molecule has 2 heterocycles. The van der Waals surface area contributed by atoms with E-state index >= 15 is 0 Å². The third-order valence-corrected chi connectivity index (χ3v) is 13.1. The second-order valence-corrected chi connectivity index (χ2v) is 15.3. The second kappa shape index (κ2) is 16.9. The quantitative estimate of drug-likeness (QED) is 0.113. The summed E-state index contributed by atoms with van der Waals surface area (Å²) in [6.07, 6.45) is 4.55. The van der Waals surface area contributed by atoms with E-state index in [-0.39, 0.29) is 11.9 Å². The third-order valence-electron chi connectivity index (χ3n) is 4.92. The molecular formula is C26H30O4S6. The van der Waals surface area contributed by atoms with Crippen LogP contribution < -0.4 is 0 Å². The summed E-state index contributed by atoms with van der Waals surface area (Å²) in [6.45, 7) is 7.53. The number of benzene rings is 1. The van der Waals surface area contributed by atoms with Crippen molar-refractivity contribution in [3.8, 4) is 0 Å². The average Bonchev–Trinajstić information content (AvgIpc) is 3.56. The van der Waals surface area contributed by atoms with E-state index in [4.69, 9.17) is 9.47 Å². The van der Waals surface area contributed by atoms with Gasteiger partial charge in [0.15, 0.2) is 0 Å². The number of thioether (sulfide) groups is 6. The normalized spacial score (nSPS) is 18.9. The van der Waals surface area contributed by atoms with E-state index in [1.165, 1.54) is 23.3 Å². The zero-order valence-corrected chi connectivity index (χ0v) is 24.8. The van der Waals surface area contributed by atoms with Crippen molar-refractivity contribution in [1.29, 1.82) is 0 Å². The smallest absolute Gasteiger partial charge is 0.330 e. The molecule has 0 spiro atoms. The highest BCUT2D eigenvalue weighted by atomic mass is 32.2. The van der Waals surface area contributed by atoms with Gasteiger partial charge >= 0.3 is 11.9 Å². The van der Waals surface area contributed by atoms with Crippen LogP contribution in [0.15, 0.2) is 70.2 Å². The lowest BCUT2D eigenvalue weighted by atomic mass is 10.1. The topological polar surface area (TPSA) is 52.6 Å². The molecule has 0 fully saturated rings. The molecule has 0 aliphatic carbocycles. The first-order valence-corrected chi connectivity index (χ1v) is 17.3. The van der Waals surface area contributed by atoms with Gasteiger partial charge in [0.25, 0.3) is 0 Å². The van der Waals surface area contributed by atoms with Crippen LogP contribution in [0.4, 0.5) is 0 Å². The fourth-order valence-electron chi connectivity index (χ4n) is 3.05. The van der Waals surface area contributed by atoms with E-state index in [0.29, 0.717) is 22.4 Å². The molecule has 1 aromatic rings. The van der Waals surface area contributed by atoms with Crippen molar-refractivity contribution >= 4 is 82.5 Å². The number of esters is 2. The van der Waals surface area contributed by atoms with Crippen LogP contribution in [0.2, 0.25) is 0 Å². The zero-order chi connectivity index (χ0) is 25.6. The third kappa shape index (κ3) is 11.3. The standard InChI is InChI=1S/C26H30O4S6/c1-3-23(27)29-13-21-15-33-25(35-21)17-31-11-9-19-5-7-20(8-6-19)10-12-32-18-26-34-16-22(36-26)14-30-24(28)4-2/h3-8,15-16,25-26H,1-2,9-14,17-18H2. The van der Waals surface area contributed by atoms with Crippen molar-refractivity contribution in [2.45, 2.75) is 22.0 Å². The van der Waals surface area contributed by atoms with E-state index in [2.05, 4.69) is 48.2 Å². The molecule has 0 saturated heterocycles. The number of ether oxygens (including phenoxy) is 2. The van der Waals surface area contributed by atoms with Crippen molar-refractivity contribution in [2.75, 3.05) is 36.2 Å². The summed E-state index contributed by atoms with van der Waals surface area (Å²) in [5.41, 5.74) is 2.77. The van der Waals surface area contributed by atoms with E-state index in [9.17, 15) is 9.59 Å². The lowest BCUT2D eigenvalue weighted by molar-refractivity contribution is -0.137. The molecule has 1 aromatic carbocycles. The molecule has 0 amide bonds. The molecule has 0 bridgehead atoms. The Hall–Kier alpha value is -0.780. The lowest BCUT2D eigenvalue weighted by Crippen LogP contribution is -2.04. The molecule has 10 heteroatoms. The Morgan fingerprint density at radius 1 is 0.778 bits per heavy atom. The summed E-state index contributed by atoms with van der Waals surface area (Å²) in [5.74, 6) is 3.62. The van der Waals surface area contributed by atoms with Crippen LogP contribution in [-0.2, 0) is 31.9 Å². The van der Waals surface area contributed by atoms with Crippen LogP contribution in [0.25, 0.3) is 0 Å². The molecule has 0 saturated carbocycles. The largest absolute Gasteiger partial charge is 0.457 e. The molecular weight excluding hydrogens is 569 g/mol. The van der Waals surface area contributed by atoms with Crippen molar-refractivity contribution in [2.24, 2.45) is 0 Å². The predicted molar refractivity (Wildman–Crippen MR) is 165 cm³/mol. The first-order valence-electron chi connectivity index (χ1n) is 11.4. The van der Waals surface area contributed by atoms with Crippen LogP contribution >= 0.6 is 70.6 Å². The first kappa shape index (κ1) is 29.8. The molecule has 4 nitrogen and oxygen atoms in total. The fraction of sp³-hybridized carbons (Fsp3) is 0.385. The maximum Gasteiger partial charge on any atom is 0.330 e. The van der Waals surface area contributed by atoms with E-state index < -0.39 is 0 Å². The zero-order valence-electron chi connectivity index (χ0n) is 19.9. The minimum absolute atomic E-state index is 0.347.